The fourth-order valence-corrected chi connectivity index (χ4v) is 2.39. The van der Waals surface area contributed by atoms with Gasteiger partial charge in [0, 0.05) is 17.5 Å². The first-order valence-electron chi connectivity index (χ1n) is 6.51. The van der Waals surface area contributed by atoms with Crippen LogP contribution in [0.4, 0.5) is 5.69 Å². The molecule has 21 heavy (non-hydrogen) atoms. The van der Waals surface area contributed by atoms with Crippen LogP contribution in [-0.4, -0.2) is 4.92 Å². The van der Waals surface area contributed by atoms with Crippen LogP contribution in [0.5, 0.6) is 11.5 Å². The number of hydrogen-bond acceptors (Lipinski definition) is 3. The summed E-state index contributed by atoms with van der Waals surface area (Å²) < 4.78 is 5.84. The van der Waals surface area contributed by atoms with Crippen molar-refractivity contribution in [3.63, 3.8) is 0 Å². The molecule has 4 nitrogen and oxygen atoms in total. The van der Waals surface area contributed by atoms with E-state index in [0.717, 1.165) is 16.7 Å². The topological polar surface area (TPSA) is 52.4 Å². The van der Waals surface area contributed by atoms with Crippen molar-refractivity contribution in [3.8, 4) is 11.5 Å². The molecule has 0 aliphatic carbocycles. The maximum atomic E-state index is 10.9. The van der Waals surface area contributed by atoms with E-state index < -0.39 is 0 Å². The van der Waals surface area contributed by atoms with Gasteiger partial charge < -0.3 is 4.74 Å². The molecule has 0 spiro atoms. The van der Waals surface area contributed by atoms with E-state index >= 15 is 0 Å². The second-order valence-corrected chi connectivity index (χ2v) is 5.25. The number of rotatable bonds is 4. The molecule has 0 N–H and O–H groups in total. The molecule has 0 saturated carbocycles. The summed E-state index contributed by atoms with van der Waals surface area (Å²) in [7, 11) is 0. The number of nitro groups is 1. The predicted octanol–water partition coefficient (Wildman–Crippen LogP) is 5.05. The largest absolute Gasteiger partial charge is 0.457 e. The van der Waals surface area contributed by atoms with Crippen LogP contribution < -0.4 is 4.74 Å². The molecule has 0 bridgehead atoms. The van der Waals surface area contributed by atoms with Crippen LogP contribution in [0.25, 0.3) is 0 Å². The highest BCUT2D eigenvalue weighted by Gasteiger charge is 2.14. The van der Waals surface area contributed by atoms with Crippen molar-refractivity contribution >= 4 is 17.3 Å². The molecule has 0 saturated heterocycles. The average Bonchev–Trinajstić information content (AvgIpc) is 2.42. The van der Waals surface area contributed by atoms with Crippen molar-refractivity contribution in [1.82, 2.24) is 0 Å². The Morgan fingerprint density at radius 3 is 2.38 bits per heavy atom. The molecule has 0 aliphatic heterocycles. The van der Waals surface area contributed by atoms with E-state index in [1.165, 1.54) is 6.07 Å². The first kappa shape index (κ1) is 15.3. The fraction of sp³-hybridized carbons (Fsp3) is 0.250. The zero-order valence-electron chi connectivity index (χ0n) is 12.1. The second-order valence-electron chi connectivity index (χ2n) is 4.99. The monoisotopic (exact) mass is 305 g/mol. The Labute approximate surface area is 128 Å². The number of alkyl halides is 1. The van der Waals surface area contributed by atoms with Gasteiger partial charge in [-0.15, -0.1) is 11.6 Å². The maximum Gasteiger partial charge on any atom is 0.272 e. The number of nitrogens with zero attached hydrogens (tertiary/aromatic N) is 1. The summed E-state index contributed by atoms with van der Waals surface area (Å²) in [4.78, 5) is 10.5. The Hall–Kier alpha value is -2.07. The normalized spacial score (nSPS) is 10.5. The highest BCUT2D eigenvalue weighted by Crippen LogP contribution is 2.31. The molecular formula is C16H16ClNO3. The summed E-state index contributed by atoms with van der Waals surface area (Å²) in [5.74, 6) is 1.77. The number of benzene rings is 2. The molecule has 5 heteroatoms. The zero-order chi connectivity index (χ0) is 15.6. The van der Waals surface area contributed by atoms with Crippen LogP contribution in [0, 0.1) is 30.9 Å². The summed E-state index contributed by atoms with van der Waals surface area (Å²) >= 11 is 5.83. The van der Waals surface area contributed by atoms with Gasteiger partial charge in [-0.2, -0.15) is 0 Å². The van der Waals surface area contributed by atoms with E-state index in [1.54, 1.807) is 19.9 Å². The molecule has 0 fully saturated rings. The maximum absolute atomic E-state index is 10.9. The first-order chi connectivity index (χ1) is 9.92. The third-order valence-electron chi connectivity index (χ3n) is 3.38. The summed E-state index contributed by atoms with van der Waals surface area (Å²) in [6.45, 7) is 5.46. The van der Waals surface area contributed by atoms with E-state index in [0.29, 0.717) is 22.9 Å². The average molecular weight is 306 g/mol. The van der Waals surface area contributed by atoms with E-state index in [-0.39, 0.29) is 10.6 Å². The van der Waals surface area contributed by atoms with E-state index in [4.69, 9.17) is 16.3 Å². The fourth-order valence-electron chi connectivity index (χ4n) is 2.09. The van der Waals surface area contributed by atoms with Gasteiger partial charge >= 0.3 is 0 Å². The highest BCUT2D eigenvalue weighted by atomic mass is 35.5. The molecular weight excluding hydrogens is 290 g/mol. The smallest absolute Gasteiger partial charge is 0.272 e. The Kier molecular flexibility index (Phi) is 4.48. The molecule has 0 atom stereocenters. The number of nitro benzene ring substituents is 1. The van der Waals surface area contributed by atoms with Crippen LogP contribution in [0.1, 0.15) is 22.3 Å². The van der Waals surface area contributed by atoms with Crippen LogP contribution >= 0.6 is 11.6 Å². The summed E-state index contributed by atoms with van der Waals surface area (Å²) in [5.41, 5.74) is 3.52. The Morgan fingerprint density at radius 1 is 1.10 bits per heavy atom. The van der Waals surface area contributed by atoms with Crippen molar-refractivity contribution in [3.05, 3.63) is 62.7 Å². The van der Waals surface area contributed by atoms with Crippen LogP contribution in [0.2, 0.25) is 0 Å². The van der Waals surface area contributed by atoms with Crippen LogP contribution in [-0.2, 0) is 5.88 Å². The standard InChI is InChI=1S/C16H16ClNO3/c1-10-6-14(5-4-13(10)9-17)21-16-8-11(2)15(18(19)20)7-12(16)3/h4-8H,9H2,1-3H3. The Bertz CT molecular complexity index is 698. The second kappa shape index (κ2) is 6.14. The van der Waals surface area contributed by atoms with Crippen molar-refractivity contribution in [1.29, 1.82) is 0 Å². The lowest BCUT2D eigenvalue weighted by molar-refractivity contribution is -0.385. The van der Waals surface area contributed by atoms with Crippen LogP contribution in [0.3, 0.4) is 0 Å². The van der Waals surface area contributed by atoms with Gasteiger partial charge in [-0.25, -0.2) is 0 Å². The molecule has 0 unspecified atom stereocenters. The highest BCUT2D eigenvalue weighted by molar-refractivity contribution is 6.17. The predicted molar refractivity (Wildman–Crippen MR) is 83.4 cm³/mol. The zero-order valence-corrected chi connectivity index (χ0v) is 12.9. The van der Waals surface area contributed by atoms with Gasteiger partial charge in [0.05, 0.1) is 4.92 Å². The molecule has 2 aromatic rings. The third-order valence-corrected chi connectivity index (χ3v) is 3.66. The first-order valence-corrected chi connectivity index (χ1v) is 7.05. The molecule has 0 amide bonds. The minimum absolute atomic E-state index is 0.105. The number of ether oxygens (including phenoxy) is 1. The minimum atomic E-state index is -0.383. The van der Waals surface area contributed by atoms with Gasteiger partial charge in [-0.05, 0) is 55.7 Å². The van der Waals surface area contributed by atoms with Gasteiger partial charge in [-0.1, -0.05) is 6.07 Å². The molecule has 2 rings (SSSR count). The van der Waals surface area contributed by atoms with Crippen LogP contribution in [0.15, 0.2) is 30.3 Å². The molecule has 0 heterocycles. The SMILES string of the molecule is Cc1cc(Oc2cc(C)c([N+](=O)[O-])cc2C)ccc1CCl. The summed E-state index contributed by atoms with van der Waals surface area (Å²) in [6, 6.07) is 8.91. The van der Waals surface area contributed by atoms with Gasteiger partial charge in [-0.3, -0.25) is 10.1 Å². The van der Waals surface area contributed by atoms with Crippen molar-refractivity contribution in [2.45, 2.75) is 26.7 Å². The molecule has 0 radical (unpaired) electrons. The van der Waals surface area contributed by atoms with Gasteiger partial charge in [0.1, 0.15) is 11.5 Å². The van der Waals surface area contributed by atoms with E-state index in [2.05, 4.69) is 0 Å². The molecule has 0 aromatic heterocycles. The van der Waals surface area contributed by atoms with E-state index in [1.807, 2.05) is 25.1 Å². The van der Waals surface area contributed by atoms with Crippen molar-refractivity contribution in [2.24, 2.45) is 0 Å². The minimum Gasteiger partial charge on any atom is -0.457 e. The lowest BCUT2D eigenvalue weighted by Crippen LogP contribution is -1.96. The summed E-state index contributed by atoms with van der Waals surface area (Å²) in [6.07, 6.45) is 0. The van der Waals surface area contributed by atoms with E-state index in [9.17, 15) is 10.1 Å². The Morgan fingerprint density at radius 2 is 1.81 bits per heavy atom. The van der Waals surface area contributed by atoms with Crippen molar-refractivity contribution in [2.75, 3.05) is 0 Å². The lowest BCUT2D eigenvalue weighted by atomic mass is 10.1. The molecule has 2 aromatic carbocycles. The van der Waals surface area contributed by atoms with Gasteiger partial charge in [0.15, 0.2) is 0 Å². The molecule has 110 valence electrons. The summed E-state index contributed by atoms with van der Waals surface area (Å²) in [5, 5.41) is 10.9. The van der Waals surface area contributed by atoms with Gasteiger partial charge in [0.25, 0.3) is 5.69 Å². The lowest BCUT2D eigenvalue weighted by Gasteiger charge is -2.11. The molecule has 0 aliphatic rings. The van der Waals surface area contributed by atoms with Gasteiger partial charge in [0.2, 0.25) is 0 Å². The Balaban J connectivity index is 2.34. The number of hydrogen-bond donors (Lipinski definition) is 0. The number of aryl methyl sites for hydroxylation is 3. The quantitative estimate of drug-likeness (QED) is 0.451. The van der Waals surface area contributed by atoms with Crippen molar-refractivity contribution < 1.29 is 9.66 Å². The third kappa shape index (κ3) is 3.34. The number of halogens is 1.